The number of carboxylic acid groups (broad SMARTS) is 1. The summed E-state index contributed by atoms with van der Waals surface area (Å²) in [5.74, 6) is -1.81. The molecule has 14 heteroatoms. The zero-order valence-electron chi connectivity index (χ0n) is 34.3. The Bertz CT molecular complexity index is 1640. The second-order valence-electron chi connectivity index (χ2n) is 16.4. The fourth-order valence-electron chi connectivity index (χ4n) is 7.95. The van der Waals surface area contributed by atoms with Gasteiger partial charge in [-0.15, -0.1) is 11.3 Å². The van der Waals surface area contributed by atoms with E-state index in [1.165, 1.54) is 18.4 Å². The number of alkyl carbamates (subject to hydrolysis) is 1. The number of carboxylic acids is 1. The lowest BCUT2D eigenvalue weighted by Gasteiger charge is -2.39. The minimum Gasteiger partial charge on any atom is -0.481 e. The fraction of sp³-hybridized carbons (Fsp3) is 0.667. The Morgan fingerprint density at radius 2 is 1.80 bits per heavy atom. The van der Waals surface area contributed by atoms with Gasteiger partial charge >= 0.3 is 12.1 Å². The smallest absolute Gasteiger partial charge is 0.407 e. The van der Waals surface area contributed by atoms with Gasteiger partial charge in [0.2, 0.25) is 5.91 Å². The number of nitrogen functional groups attached to an aromatic ring is 1. The maximum absolute atomic E-state index is 14.7. The van der Waals surface area contributed by atoms with Gasteiger partial charge in [-0.1, -0.05) is 59.6 Å². The van der Waals surface area contributed by atoms with E-state index in [-0.39, 0.29) is 60.6 Å². The van der Waals surface area contributed by atoms with Crippen molar-refractivity contribution in [1.29, 1.82) is 0 Å². The Morgan fingerprint density at radius 1 is 1.11 bits per heavy atom. The summed E-state index contributed by atoms with van der Waals surface area (Å²) in [6.45, 7) is 11.5. The number of likely N-dealkylation sites (N-methyl/N-ethyl adjacent to an activating group) is 1. The van der Waals surface area contributed by atoms with Gasteiger partial charge < -0.3 is 31.1 Å². The Balaban J connectivity index is 1.58. The van der Waals surface area contributed by atoms with E-state index in [4.69, 9.17) is 10.5 Å². The van der Waals surface area contributed by atoms with Crippen molar-refractivity contribution in [2.45, 2.75) is 129 Å². The molecule has 0 unspecified atom stereocenters. The quantitative estimate of drug-likeness (QED) is 0.102. The third-order valence-corrected chi connectivity index (χ3v) is 12.7. The summed E-state index contributed by atoms with van der Waals surface area (Å²) in [6, 6.07) is 6.27. The summed E-state index contributed by atoms with van der Waals surface area (Å²) >= 11 is 1.19. The van der Waals surface area contributed by atoms with Crippen LogP contribution < -0.4 is 16.4 Å². The van der Waals surface area contributed by atoms with Gasteiger partial charge in [-0.05, 0) is 88.1 Å². The number of aliphatic carboxylic acids is 1. The monoisotopic (exact) mass is 796 g/mol. The fourth-order valence-corrected chi connectivity index (χ4v) is 8.79. The van der Waals surface area contributed by atoms with Gasteiger partial charge in [0, 0.05) is 55.5 Å². The highest BCUT2D eigenvalue weighted by Crippen LogP contribution is 2.50. The van der Waals surface area contributed by atoms with Gasteiger partial charge in [-0.3, -0.25) is 24.1 Å². The molecule has 310 valence electrons. The number of piperidine rings is 1. The molecule has 2 aliphatic rings. The molecule has 0 bridgehead atoms. The summed E-state index contributed by atoms with van der Waals surface area (Å²) < 4.78 is 5.92. The summed E-state index contributed by atoms with van der Waals surface area (Å²) in [4.78, 5) is 75.7. The molecule has 1 aromatic carbocycles. The van der Waals surface area contributed by atoms with Crippen LogP contribution in [0.15, 0.2) is 29.6 Å². The Hall–Kier alpha value is -4.04. The topological polar surface area (TPSA) is 184 Å². The number of rotatable bonds is 21. The SMILES string of the molecule is CCCN(C(=O)[C@@H](CC(=O)[C@H]1CCCCN1C)[C@@H](C)CC)[C@H](C[C@@H](OC(=O)NC)c1nc(C(=O)N[C@@H](Cc2ccc(N)cc2)CC2(C(=O)O)CC2)cs1)C(C)C. The molecule has 2 fully saturated rings. The summed E-state index contributed by atoms with van der Waals surface area (Å²) in [7, 11) is 3.46. The predicted molar refractivity (Wildman–Crippen MR) is 218 cm³/mol. The Morgan fingerprint density at radius 3 is 2.38 bits per heavy atom. The normalized spacial score (nSPS) is 19.2. The van der Waals surface area contributed by atoms with Gasteiger partial charge in [-0.2, -0.15) is 0 Å². The van der Waals surface area contributed by atoms with Crippen molar-refractivity contribution in [2.24, 2.45) is 23.2 Å². The third kappa shape index (κ3) is 11.7. The van der Waals surface area contributed by atoms with Crippen molar-refractivity contribution >= 4 is 46.7 Å². The number of hydrogen-bond donors (Lipinski definition) is 4. The molecule has 0 spiro atoms. The van der Waals surface area contributed by atoms with E-state index in [0.29, 0.717) is 42.9 Å². The highest BCUT2D eigenvalue weighted by Gasteiger charge is 2.51. The van der Waals surface area contributed by atoms with Crippen molar-refractivity contribution in [3.63, 3.8) is 0 Å². The highest BCUT2D eigenvalue weighted by atomic mass is 32.1. The number of hydrogen-bond acceptors (Lipinski definition) is 10. The lowest BCUT2D eigenvalue weighted by molar-refractivity contribution is -0.145. The largest absolute Gasteiger partial charge is 0.481 e. The van der Waals surface area contributed by atoms with E-state index >= 15 is 0 Å². The number of ether oxygens (including phenoxy) is 1. The molecule has 5 N–H and O–H groups in total. The number of nitrogens with zero attached hydrogens (tertiary/aromatic N) is 3. The lowest BCUT2D eigenvalue weighted by atomic mass is 9.82. The van der Waals surface area contributed by atoms with Crippen molar-refractivity contribution in [2.75, 3.05) is 32.9 Å². The maximum Gasteiger partial charge on any atom is 0.407 e. The van der Waals surface area contributed by atoms with E-state index in [1.54, 1.807) is 17.5 Å². The number of aromatic nitrogens is 1. The minimum atomic E-state index is -0.882. The molecule has 1 aliphatic carbocycles. The average Bonchev–Trinajstić information content (AvgIpc) is 3.79. The van der Waals surface area contributed by atoms with E-state index in [1.807, 2.05) is 58.7 Å². The van der Waals surface area contributed by atoms with Crippen LogP contribution >= 0.6 is 11.3 Å². The van der Waals surface area contributed by atoms with Gasteiger partial charge in [0.1, 0.15) is 10.7 Å². The number of likely N-dealkylation sites (tertiary alicyclic amines) is 1. The minimum absolute atomic E-state index is 0.0143. The lowest BCUT2D eigenvalue weighted by Crippen LogP contribution is -2.50. The van der Waals surface area contributed by atoms with Crippen LogP contribution in [0.4, 0.5) is 10.5 Å². The van der Waals surface area contributed by atoms with E-state index in [2.05, 4.69) is 20.5 Å². The zero-order valence-corrected chi connectivity index (χ0v) is 35.2. The molecular formula is C42H64N6O7S. The molecular weight excluding hydrogens is 733 g/mol. The molecule has 1 aromatic heterocycles. The summed E-state index contributed by atoms with van der Waals surface area (Å²) in [6.07, 6.45) is 4.99. The van der Waals surface area contributed by atoms with Crippen LogP contribution in [0, 0.1) is 23.2 Å². The number of Topliss-reactive ketones (excluding diaryl/α,β-unsaturated/α-hetero) is 1. The van der Waals surface area contributed by atoms with Crippen LogP contribution in [0.2, 0.25) is 0 Å². The summed E-state index contributed by atoms with van der Waals surface area (Å²) in [5, 5.41) is 17.5. The first-order valence-corrected chi connectivity index (χ1v) is 21.3. The number of carbonyl (C=O) groups excluding carboxylic acids is 4. The molecule has 3 amide bonds. The second-order valence-corrected chi connectivity index (χ2v) is 17.2. The second kappa shape index (κ2) is 20.4. The van der Waals surface area contributed by atoms with Crippen molar-refractivity contribution < 1.29 is 33.8 Å². The summed E-state index contributed by atoms with van der Waals surface area (Å²) in [5.41, 5.74) is 6.66. The number of ketones is 1. The number of nitrogens with one attached hydrogen (secondary N) is 2. The number of thiazole rings is 1. The first kappa shape index (κ1) is 44.7. The van der Waals surface area contributed by atoms with Gasteiger partial charge in [0.05, 0.1) is 11.5 Å². The molecule has 2 aromatic rings. The van der Waals surface area contributed by atoms with Crippen molar-refractivity contribution in [1.82, 2.24) is 25.4 Å². The predicted octanol–water partition coefficient (Wildman–Crippen LogP) is 6.48. The average molecular weight is 797 g/mol. The highest BCUT2D eigenvalue weighted by molar-refractivity contribution is 7.09. The first-order valence-electron chi connectivity index (χ1n) is 20.4. The molecule has 1 saturated heterocycles. The van der Waals surface area contributed by atoms with Gasteiger partial charge in [-0.25, -0.2) is 9.78 Å². The number of benzene rings is 1. The molecule has 13 nitrogen and oxygen atoms in total. The van der Waals surface area contributed by atoms with Crippen LogP contribution in [0.3, 0.4) is 0 Å². The Kier molecular flexibility index (Phi) is 16.3. The van der Waals surface area contributed by atoms with Crippen LogP contribution in [0.5, 0.6) is 0 Å². The van der Waals surface area contributed by atoms with E-state index in [0.717, 1.165) is 37.8 Å². The van der Waals surface area contributed by atoms with E-state index in [9.17, 15) is 29.1 Å². The molecule has 2 heterocycles. The number of anilines is 1. The zero-order chi connectivity index (χ0) is 41.2. The van der Waals surface area contributed by atoms with Gasteiger partial charge in [0.15, 0.2) is 11.9 Å². The van der Waals surface area contributed by atoms with Crippen LogP contribution in [0.1, 0.15) is 126 Å². The van der Waals surface area contributed by atoms with Crippen molar-refractivity contribution in [3.8, 4) is 0 Å². The molecule has 6 atom stereocenters. The van der Waals surface area contributed by atoms with Crippen LogP contribution in [-0.4, -0.2) is 94.9 Å². The molecule has 0 radical (unpaired) electrons. The molecule has 4 rings (SSSR count). The van der Waals surface area contributed by atoms with Gasteiger partial charge in [0.25, 0.3) is 5.91 Å². The van der Waals surface area contributed by atoms with Crippen LogP contribution in [-0.2, 0) is 25.5 Å². The third-order valence-electron chi connectivity index (χ3n) is 11.8. The number of amides is 3. The standard InChI is InChI=1S/C42H64N6O7S/c1-8-19-48(39(51)31(27(5)9-2)22-35(49)33-12-10-11-20-47(33)7)34(26(3)4)23-36(55-41(54)44-6)38-46-32(25-56-38)37(50)45-30(24-42(17-18-42)40(52)53)21-28-13-15-29(43)16-14-28/h13-16,25-27,30-31,33-34,36H,8-12,17-24,43H2,1-7H3,(H,44,54)(H,45,50)(H,52,53)/t27-,30-,31-,33+,34+,36+/m0/s1. The first-order chi connectivity index (χ1) is 26.6. The van der Waals surface area contributed by atoms with Crippen LogP contribution in [0.25, 0.3) is 0 Å². The molecule has 1 saturated carbocycles. The van der Waals surface area contributed by atoms with E-state index < -0.39 is 41.4 Å². The Labute approximate surface area is 336 Å². The molecule has 56 heavy (non-hydrogen) atoms. The van der Waals surface area contributed by atoms with Crippen molar-refractivity contribution in [3.05, 3.63) is 45.9 Å². The number of carbonyl (C=O) groups is 5. The molecule has 1 aliphatic heterocycles. The number of nitrogens with two attached hydrogens (primary N) is 1. The maximum atomic E-state index is 14.7.